The van der Waals surface area contributed by atoms with E-state index in [1.165, 1.54) is 30.3 Å². The molecule has 0 N–H and O–H groups in total. The second kappa shape index (κ2) is 7.97. The molecule has 0 aliphatic carbocycles. The molecular weight excluding hydrogens is 468 g/mol. The van der Waals surface area contributed by atoms with Crippen molar-refractivity contribution < 1.29 is 46.0 Å². The van der Waals surface area contributed by atoms with Gasteiger partial charge in [-0.05, 0) is 42.8 Å². The van der Waals surface area contributed by atoms with Gasteiger partial charge in [-0.15, -0.1) is 17.6 Å². The van der Waals surface area contributed by atoms with E-state index in [0.717, 1.165) is 0 Å². The molecule has 2 aliphatic heterocycles. The Bertz CT molecular complexity index is 921. The molecule has 0 fully saturated rings. The van der Waals surface area contributed by atoms with Crippen molar-refractivity contribution in [3.63, 3.8) is 0 Å². The molecule has 0 saturated carbocycles. The third-order valence-electron chi connectivity index (χ3n) is 3.48. The third-order valence-corrected chi connectivity index (χ3v) is 3.98. The molecule has 0 unspecified atom stereocenters. The molecule has 2 aromatic rings. The van der Waals surface area contributed by atoms with E-state index < -0.39 is 18.6 Å². The van der Waals surface area contributed by atoms with Crippen molar-refractivity contribution in [2.24, 2.45) is 0 Å². The molecule has 2 aromatic carbocycles. The van der Waals surface area contributed by atoms with Gasteiger partial charge in [0.25, 0.3) is 0 Å². The molecule has 0 radical (unpaired) electrons. The largest absolute Gasteiger partial charge is 0.586 e. The number of rotatable bonds is 3. The summed E-state index contributed by atoms with van der Waals surface area (Å²) in [6, 6.07) is 8.64. The Balaban J connectivity index is 0.000000176. The zero-order valence-electron chi connectivity index (χ0n) is 14.7. The molecule has 6 nitrogen and oxygen atoms in total. The average molecular weight is 481 g/mol. The van der Waals surface area contributed by atoms with Crippen LogP contribution in [0.4, 0.5) is 17.6 Å². The van der Waals surface area contributed by atoms with E-state index >= 15 is 0 Å². The number of esters is 1. The van der Waals surface area contributed by atoms with Crippen molar-refractivity contribution in [3.05, 3.63) is 46.4 Å². The second-order valence-electron chi connectivity index (χ2n) is 5.69. The molecule has 2 aliphatic rings. The van der Waals surface area contributed by atoms with Crippen LogP contribution in [0.15, 0.2) is 40.9 Å². The highest BCUT2D eigenvalue weighted by molar-refractivity contribution is 9.10. The van der Waals surface area contributed by atoms with E-state index in [0.29, 0.717) is 10.0 Å². The average Bonchev–Trinajstić information content (AvgIpc) is 3.07. The van der Waals surface area contributed by atoms with Gasteiger partial charge in [0, 0.05) is 4.47 Å². The van der Waals surface area contributed by atoms with Gasteiger partial charge in [0.1, 0.15) is 0 Å². The maximum absolute atomic E-state index is 12.7. The number of halogens is 5. The first-order chi connectivity index (χ1) is 13.6. The number of benzene rings is 2. The maximum Gasteiger partial charge on any atom is 0.586 e. The van der Waals surface area contributed by atoms with Crippen molar-refractivity contribution in [1.82, 2.24) is 0 Å². The summed E-state index contributed by atoms with van der Waals surface area (Å²) in [5.74, 6) is -0.421. The van der Waals surface area contributed by atoms with Gasteiger partial charge >= 0.3 is 18.6 Å². The Kier molecular flexibility index (Phi) is 5.78. The Hall–Kier alpha value is -2.69. The molecular formula is C18H13BrF4O6. The van der Waals surface area contributed by atoms with E-state index in [-0.39, 0.29) is 36.0 Å². The Morgan fingerprint density at radius 3 is 2.00 bits per heavy atom. The van der Waals surface area contributed by atoms with Crippen LogP contribution in [0.2, 0.25) is 0 Å². The summed E-state index contributed by atoms with van der Waals surface area (Å²) in [4.78, 5) is 11.2. The van der Waals surface area contributed by atoms with Gasteiger partial charge in [0.05, 0.1) is 13.0 Å². The van der Waals surface area contributed by atoms with Crippen LogP contribution in [0.3, 0.4) is 0 Å². The highest BCUT2D eigenvalue weighted by atomic mass is 79.9. The molecule has 0 aromatic heterocycles. The van der Waals surface area contributed by atoms with E-state index in [1.54, 1.807) is 13.0 Å². The van der Waals surface area contributed by atoms with Gasteiger partial charge in [-0.1, -0.05) is 22.0 Å². The van der Waals surface area contributed by atoms with Crippen molar-refractivity contribution in [2.45, 2.75) is 25.9 Å². The molecule has 4 rings (SSSR count). The molecule has 0 atom stereocenters. The number of hydrogen-bond donors (Lipinski definition) is 0. The van der Waals surface area contributed by atoms with Crippen molar-refractivity contribution in [1.29, 1.82) is 0 Å². The van der Waals surface area contributed by atoms with E-state index in [4.69, 9.17) is 4.74 Å². The van der Waals surface area contributed by atoms with Gasteiger partial charge in [-0.2, -0.15) is 0 Å². The Morgan fingerprint density at radius 2 is 1.41 bits per heavy atom. The van der Waals surface area contributed by atoms with E-state index in [1.807, 2.05) is 0 Å². The predicted octanol–water partition coefficient (Wildman–Crippen LogP) is 4.88. The molecule has 0 saturated heterocycles. The fourth-order valence-electron chi connectivity index (χ4n) is 2.40. The van der Waals surface area contributed by atoms with Crippen LogP contribution < -0.4 is 18.9 Å². The SMILES string of the molecule is CCOC(=O)Cc1ccc2c(c1)OC(F)(F)O2.FC1(F)Oc2ccc(Br)cc2O1. The monoisotopic (exact) mass is 480 g/mol. The lowest BCUT2D eigenvalue weighted by molar-refractivity contribution is -0.287. The van der Waals surface area contributed by atoms with Crippen LogP contribution in [0.5, 0.6) is 23.0 Å². The molecule has 29 heavy (non-hydrogen) atoms. The molecule has 0 spiro atoms. The molecule has 156 valence electrons. The van der Waals surface area contributed by atoms with Gasteiger partial charge in [-0.25, -0.2) is 0 Å². The third kappa shape index (κ3) is 5.43. The minimum atomic E-state index is -3.63. The summed E-state index contributed by atoms with van der Waals surface area (Å²) in [6.45, 7) is 1.97. The number of carbonyl (C=O) groups excluding carboxylic acids is 1. The quantitative estimate of drug-likeness (QED) is 0.460. The first-order valence-corrected chi connectivity index (χ1v) is 8.96. The lowest BCUT2D eigenvalue weighted by atomic mass is 10.1. The smallest absolute Gasteiger partial charge is 0.466 e. The zero-order valence-corrected chi connectivity index (χ0v) is 16.3. The summed E-state index contributed by atoms with van der Waals surface area (Å²) in [7, 11) is 0. The summed E-state index contributed by atoms with van der Waals surface area (Å²) in [5.41, 5.74) is 0.531. The van der Waals surface area contributed by atoms with Crippen LogP contribution in [0.25, 0.3) is 0 Å². The fraction of sp³-hybridized carbons (Fsp3) is 0.278. The lowest BCUT2D eigenvalue weighted by Crippen LogP contribution is -2.25. The van der Waals surface area contributed by atoms with Gasteiger partial charge in [0.2, 0.25) is 0 Å². The first-order valence-electron chi connectivity index (χ1n) is 8.17. The van der Waals surface area contributed by atoms with Crippen LogP contribution in [0.1, 0.15) is 12.5 Å². The summed E-state index contributed by atoms with van der Waals surface area (Å²) >= 11 is 3.12. The van der Waals surface area contributed by atoms with Gasteiger partial charge in [-0.3, -0.25) is 4.79 Å². The number of fused-ring (bicyclic) bond motifs is 2. The highest BCUT2D eigenvalue weighted by Gasteiger charge is 2.44. The highest BCUT2D eigenvalue weighted by Crippen LogP contribution is 2.42. The predicted molar refractivity (Wildman–Crippen MR) is 93.3 cm³/mol. The normalized spacial score (nSPS) is 16.6. The summed E-state index contributed by atoms with van der Waals surface area (Å²) in [5, 5.41) is 0. The van der Waals surface area contributed by atoms with Crippen LogP contribution in [0, 0.1) is 0 Å². The van der Waals surface area contributed by atoms with Crippen LogP contribution >= 0.6 is 15.9 Å². The first kappa shape index (κ1) is 21.0. The maximum atomic E-state index is 12.7. The number of carbonyl (C=O) groups is 1. The number of ether oxygens (including phenoxy) is 5. The van der Waals surface area contributed by atoms with Crippen molar-refractivity contribution in [3.8, 4) is 23.0 Å². The van der Waals surface area contributed by atoms with Crippen molar-refractivity contribution in [2.75, 3.05) is 6.61 Å². The standard InChI is InChI=1S/C11H10F2O4.C7H3BrF2O2/c1-2-15-10(14)6-7-3-4-8-9(5-7)17-11(12,13)16-8;8-4-1-2-5-6(3-4)12-7(9,10)11-5/h3-5H,2,6H2,1H3;1-3H. The lowest BCUT2D eigenvalue weighted by Gasteiger charge is -2.04. The minimum absolute atomic E-state index is 0.00997. The molecule has 0 amide bonds. The number of hydrogen-bond acceptors (Lipinski definition) is 6. The fourth-order valence-corrected chi connectivity index (χ4v) is 2.74. The van der Waals surface area contributed by atoms with Crippen LogP contribution in [-0.2, 0) is 16.0 Å². The van der Waals surface area contributed by atoms with Crippen LogP contribution in [-0.4, -0.2) is 25.2 Å². The van der Waals surface area contributed by atoms with E-state index in [2.05, 4.69) is 34.9 Å². The zero-order chi connectivity index (χ0) is 21.2. The number of alkyl halides is 4. The van der Waals surface area contributed by atoms with Gasteiger partial charge < -0.3 is 23.7 Å². The summed E-state index contributed by atoms with van der Waals surface area (Å²) in [6.07, 6.45) is -7.15. The second-order valence-corrected chi connectivity index (χ2v) is 6.60. The topological polar surface area (TPSA) is 63.2 Å². The Labute approximate surface area is 170 Å². The van der Waals surface area contributed by atoms with Gasteiger partial charge in [0.15, 0.2) is 23.0 Å². The Morgan fingerprint density at radius 1 is 0.897 bits per heavy atom. The van der Waals surface area contributed by atoms with Crippen molar-refractivity contribution >= 4 is 21.9 Å². The molecule has 2 heterocycles. The molecule has 0 bridgehead atoms. The van der Waals surface area contributed by atoms with E-state index in [9.17, 15) is 22.4 Å². The summed E-state index contributed by atoms with van der Waals surface area (Å²) < 4.78 is 72.5. The molecule has 11 heteroatoms. The minimum Gasteiger partial charge on any atom is -0.466 e.